The minimum atomic E-state index is -1.82. The van der Waals surface area contributed by atoms with E-state index in [9.17, 15) is 0 Å². The van der Waals surface area contributed by atoms with Gasteiger partial charge in [-0.3, -0.25) is 0 Å². The molecule has 0 saturated heterocycles. The first-order valence-corrected chi connectivity index (χ1v) is 17.8. The monoisotopic (exact) mass is 502 g/mol. The predicted molar refractivity (Wildman–Crippen MR) is 95.9 cm³/mol. The summed E-state index contributed by atoms with van der Waals surface area (Å²) in [5, 5.41) is 1.63. The molecular formula is C17H20Cl2HfSi. The standard InChI is InChI=1S/C7H8Si.2C5H5.2ClH.Hf/c1-8-7-5-3-2-4-6-7;2*1-2-4-5-3-1;;;/h2-6H,1H3;2*1-3H,4H2;2*1H;. The Labute approximate surface area is 147 Å². The van der Waals surface area contributed by atoms with Gasteiger partial charge < -0.3 is 0 Å². The molecule has 0 nitrogen and oxygen atoms in total. The maximum Gasteiger partial charge on any atom is -0.147 e. The molecule has 0 bridgehead atoms. The van der Waals surface area contributed by atoms with Gasteiger partial charge in [-0.1, -0.05) is 0 Å². The first-order chi connectivity index (χ1) is 9.36. The van der Waals surface area contributed by atoms with Crippen LogP contribution in [0.25, 0.3) is 0 Å². The van der Waals surface area contributed by atoms with E-state index < -0.39 is 20.1 Å². The van der Waals surface area contributed by atoms with E-state index in [1.54, 1.807) is 5.19 Å². The summed E-state index contributed by atoms with van der Waals surface area (Å²) in [6.45, 7) is 2.56. The van der Waals surface area contributed by atoms with Crippen molar-refractivity contribution >= 4 is 35.5 Å². The van der Waals surface area contributed by atoms with E-state index >= 15 is 0 Å². The number of halogens is 2. The van der Waals surface area contributed by atoms with Gasteiger partial charge in [-0.05, 0) is 0 Å². The summed E-state index contributed by atoms with van der Waals surface area (Å²) in [4.78, 5) is 0. The Kier molecular flexibility index (Phi) is 8.18. The smallest absolute Gasteiger partial charge is 0.147 e. The van der Waals surface area contributed by atoms with Gasteiger partial charge in [-0.2, -0.15) is 0 Å². The van der Waals surface area contributed by atoms with Crippen LogP contribution in [0.5, 0.6) is 0 Å². The Hall–Kier alpha value is -0.153. The number of allylic oxidation sites excluding steroid dienone is 8. The van der Waals surface area contributed by atoms with Gasteiger partial charge in [0.1, 0.15) is 0 Å². The molecule has 0 N–H and O–H groups in total. The van der Waals surface area contributed by atoms with E-state index in [4.69, 9.17) is 0 Å². The first-order valence-electron chi connectivity index (χ1n) is 6.84. The SMILES string of the molecule is C[Si](c1ccccc1)=[Hf]([C]1=CC=CC1)[C]1=CC=CC1.Cl.Cl. The number of rotatable bonds is 3. The summed E-state index contributed by atoms with van der Waals surface area (Å²) in [7, 11) is 0. The van der Waals surface area contributed by atoms with Crippen LogP contribution in [0, 0.1) is 0 Å². The fourth-order valence-electron chi connectivity index (χ4n) is 2.79. The number of hydrogen-bond donors (Lipinski definition) is 0. The molecule has 4 heteroatoms. The van der Waals surface area contributed by atoms with Gasteiger partial charge in [-0.25, -0.2) is 0 Å². The Morgan fingerprint density at radius 1 is 0.857 bits per heavy atom. The fraction of sp³-hybridized carbons (Fsp3) is 0.176. The molecule has 0 aliphatic heterocycles. The average Bonchev–Trinajstić information content (AvgIpc) is 3.13. The molecule has 0 aromatic heterocycles. The molecule has 0 heterocycles. The van der Waals surface area contributed by atoms with Crippen molar-refractivity contribution in [2.45, 2.75) is 19.4 Å². The molecule has 3 rings (SSSR count). The molecule has 0 amide bonds. The van der Waals surface area contributed by atoms with Gasteiger partial charge in [-0.15, -0.1) is 24.8 Å². The van der Waals surface area contributed by atoms with Crippen molar-refractivity contribution in [3.05, 3.63) is 73.4 Å². The molecule has 0 atom stereocenters. The summed E-state index contributed by atoms with van der Waals surface area (Å²) in [6, 6.07) is 11.2. The largest absolute Gasteiger partial charge is 0.147 e. The average molecular weight is 502 g/mol. The van der Waals surface area contributed by atoms with E-state index in [0.29, 0.717) is 0 Å². The molecular weight excluding hydrogens is 482 g/mol. The van der Waals surface area contributed by atoms with Crippen LogP contribution in [0.3, 0.4) is 0 Å². The fourth-order valence-corrected chi connectivity index (χ4v) is 28.7. The van der Waals surface area contributed by atoms with Crippen molar-refractivity contribution in [2.75, 3.05) is 0 Å². The third kappa shape index (κ3) is 4.41. The second-order valence-corrected chi connectivity index (χ2v) is 26.3. The van der Waals surface area contributed by atoms with Crippen molar-refractivity contribution in [3.63, 3.8) is 0 Å². The zero-order chi connectivity index (χ0) is 13.1. The van der Waals surface area contributed by atoms with Crippen molar-refractivity contribution in [1.29, 1.82) is 0 Å². The number of benzene rings is 1. The van der Waals surface area contributed by atoms with Crippen LogP contribution in [0.4, 0.5) is 0 Å². The first kappa shape index (κ1) is 18.9. The molecule has 2 aliphatic rings. The van der Waals surface area contributed by atoms with Gasteiger partial charge in [0.25, 0.3) is 0 Å². The molecule has 0 saturated carbocycles. The van der Waals surface area contributed by atoms with E-state index in [2.05, 4.69) is 73.3 Å². The molecule has 1 aromatic rings. The van der Waals surface area contributed by atoms with Gasteiger partial charge >= 0.3 is 124 Å². The Bertz CT molecular complexity index is 608. The summed E-state index contributed by atoms with van der Waals surface area (Å²) in [5.74, 6) is 0. The minimum absolute atomic E-state index is 0. The van der Waals surface area contributed by atoms with Gasteiger partial charge in [0.2, 0.25) is 0 Å². The van der Waals surface area contributed by atoms with Crippen LogP contribution < -0.4 is 5.19 Å². The predicted octanol–water partition coefficient (Wildman–Crippen LogP) is 4.66. The molecule has 2 aliphatic carbocycles. The van der Waals surface area contributed by atoms with Crippen LogP contribution in [0.15, 0.2) is 73.4 Å². The third-order valence-corrected chi connectivity index (χ3v) is 29.4. The third-order valence-electron chi connectivity index (χ3n) is 3.77. The van der Waals surface area contributed by atoms with Crippen molar-refractivity contribution < 1.29 is 20.1 Å². The quantitative estimate of drug-likeness (QED) is 0.528. The van der Waals surface area contributed by atoms with E-state index in [0.717, 1.165) is 0 Å². The van der Waals surface area contributed by atoms with Crippen molar-refractivity contribution in [1.82, 2.24) is 0 Å². The normalized spacial score (nSPS) is 14.9. The molecule has 1 aromatic carbocycles. The van der Waals surface area contributed by atoms with Crippen LogP contribution in [0.2, 0.25) is 6.55 Å². The maximum absolute atomic E-state index is 2.56. The van der Waals surface area contributed by atoms with Crippen LogP contribution in [-0.4, -0.2) is 5.49 Å². The molecule has 0 spiro atoms. The maximum atomic E-state index is 2.56. The van der Waals surface area contributed by atoms with E-state index in [1.165, 1.54) is 12.8 Å². The molecule has 0 radical (unpaired) electrons. The summed E-state index contributed by atoms with van der Waals surface area (Å²) in [5.41, 5.74) is -0.375. The zero-order valence-corrected chi connectivity index (χ0v) is 18.3. The van der Waals surface area contributed by atoms with E-state index in [-0.39, 0.29) is 30.3 Å². The molecule has 110 valence electrons. The zero-order valence-electron chi connectivity index (χ0n) is 12.1. The molecule has 0 fully saturated rings. The summed E-state index contributed by atoms with van der Waals surface area (Å²) in [6.07, 6.45) is 16.5. The summed E-state index contributed by atoms with van der Waals surface area (Å²) < 4.78 is 3.64. The minimum Gasteiger partial charge on any atom is -0.147 e. The van der Waals surface area contributed by atoms with Gasteiger partial charge in [0.05, 0.1) is 0 Å². The Balaban J connectivity index is 0.00000110. The van der Waals surface area contributed by atoms with Gasteiger partial charge in [0.15, 0.2) is 0 Å². The Morgan fingerprint density at radius 2 is 1.38 bits per heavy atom. The topological polar surface area (TPSA) is 0 Å². The van der Waals surface area contributed by atoms with Crippen LogP contribution in [0.1, 0.15) is 12.8 Å². The van der Waals surface area contributed by atoms with Crippen LogP contribution >= 0.6 is 24.8 Å². The van der Waals surface area contributed by atoms with Crippen molar-refractivity contribution in [2.24, 2.45) is 0 Å². The number of hydrogen-bond acceptors (Lipinski definition) is 0. The summed E-state index contributed by atoms with van der Waals surface area (Å²) >= 11 is -1.82. The second kappa shape index (κ2) is 9.09. The molecule has 0 unspecified atom stereocenters. The molecule has 21 heavy (non-hydrogen) atoms. The second-order valence-electron chi connectivity index (χ2n) is 5.01. The van der Waals surface area contributed by atoms with Crippen LogP contribution in [-0.2, 0) is 20.1 Å². The Morgan fingerprint density at radius 3 is 1.81 bits per heavy atom. The van der Waals surface area contributed by atoms with Crippen molar-refractivity contribution in [3.8, 4) is 0 Å². The van der Waals surface area contributed by atoms with Gasteiger partial charge in [0, 0.05) is 0 Å². The van der Waals surface area contributed by atoms with E-state index in [1.807, 2.05) is 6.66 Å².